The molecule has 140 valence electrons. The topological polar surface area (TPSA) is 55.1 Å². The standard InChI is InChI=1S/C24H16N2O2S/c27-23(13-10-16-6-2-1-3-7-16)26-24-25-20(15-29-24)17-11-12-22-19(14-17)18-8-4-5-9-21(18)28-22/h1-15H,(H,25,26,27)/b13-10+. The van der Waals surface area contributed by atoms with Crippen molar-refractivity contribution in [3.05, 3.63) is 89.8 Å². The predicted molar refractivity (Wildman–Crippen MR) is 119 cm³/mol. The minimum atomic E-state index is -0.203. The van der Waals surface area contributed by atoms with Gasteiger partial charge in [-0.25, -0.2) is 4.98 Å². The van der Waals surface area contributed by atoms with Crippen LogP contribution in [-0.2, 0) is 4.79 Å². The molecule has 5 aromatic rings. The number of nitrogens with one attached hydrogen (secondary N) is 1. The molecule has 2 aromatic heterocycles. The Kier molecular flexibility index (Phi) is 4.42. The highest BCUT2D eigenvalue weighted by Gasteiger charge is 2.11. The third-order valence-corrected chi connectivity index (χ3v) is 5.39. The fourth-order valence-electron chi connectivity index (χ4n) is 3.23. The average molecular weight is 396 g/mol. The van der Waals surface area contributed by atoms with Crippen LogP contribution in [0.2, 0.25) is 0 Å². The number of para-hydroxylation sites is 1. The van der Waals surface area contributed by atoms with Crippen LogP contribution in [0.4, 0.5) is 5.13 Å². The number of carbonyl (C=O) groups is 1. The maximum atomic E-state index is 12.2. The summed E-state index contributed by atoms with van der Waals surface area (Å²) in [6.45, 7) is 0. The number of anilines is 1. The first-order valence-electron chi connectivity index (χ1n) is 9.17. The Morgan fingerprint density at radius 1 is 0.931 bits per heavy atom. The van der Waals surface area contributed by atoms with Crippen LogP contribution in [0.15, 0.2) is 88.7 Å². The van der Waals surface area contributed by atoms with Gasteiger partial charge >= 0.3 is 0 Å². The Labute approximate surface area is 171 Å². The number of rotatable bonds is 4. The molecule has 0 radical (unpaired) electrons. The van der Waals surface area contributed by atoms with Crippen molar-refractivity contribution in [3.63, 3.8) is 0 Å². The molecule has 0 bridgehead atoms. The van der Waals surface area contributed by atoms with E-state index in [-0.39, 0.29) is 5.91 Å². The van der Waals surface area contributed by atoms with Crippen molar-refractivity contribution >= 4 is 50.4 Å². The molecule has 4 nitrogen and oxygen atoms in total. The minimum Gasteiger partial charge on any atom is -0.456 e. The molecule has 0 saturated heterocycles. The second-order valence-electron chi connectivity index (χ2n) is 6.58. The maximum Gasteiger partial charge on any atom is 0.250 e. The van der Waals surface area contributed by atoms with Crippen LogP contribution in [0.1, 0.15) is 5.56 Å². The summed E-state index contributed by atoms with van der Waals surface area (Å²) in [5, 5.41) is 7.48. The van der Waals surface area contributed by atoms with Gasteiger partial charge in [0, 0.05) is 27.8 Å². The lowest BCUT2D eigenvalue weighted by atomic mass is 10.1. The molecule has 5 heteroatoms. The lowest BCUT2D eigenvalue weighted by molar-refractivity contribution is -0.111. The largest absolute Gasteiger partial charge is 0.456 e. The highest BCUT2D eigenvalue weighted by molar-refractivity contribution is 7.14. The molecule has 3 aromatic carbocycles. The van der Waals surface area contributed by atoms with Crippen molar-refractivity contribution in [2.45, 2.75) is 0 Å². The molecule has 1 amide bonds. The minimum absolute atomic E-state index is 0.203. The molecule has 0 unspecified atom stereocenters. The van der Waals surface area contributed by atoms with Gasteiger partial charge in [-0.3, -0.25) is 10.1 Å². The lowest BCUT2D eigenvalue weighted by Crippen LogP contribution is -2.07. The van der Waals surface area contributed by atoms with Crippen LogP contribution in [0.3, 0.4) is 0 Å². The Balaban J connectivity index is 1.37. The van der Waals surface area contributed by atoms with E-state index >= 15 is 0 Å². The summed E-state index contributed by atoms with van der Waals surface area (Å²) in [5.41, 5.74) is 4.51. The van der Waals surface area contributed by atoms with Gasteiger partial charge in [0.25, 0.3) is 0 Å². The first-order valence-corrected chi connectivity index (χ1v) is 10.1. The quantitative estimate of drug-likeness (QED) is 0.360. The molecule has 0 aliphatic heterocycles. The molecule has 1 N–H and O–H groups in total. The number of thiazole rings is 1. The van der Waals surface area contributed by atoms with Crippen molar-refractivity contribution in [1.29, 1.82) is 0 Å². The Bertz CT molecular complexity index is 1350. The van der Waals surface area contributed by atoms with Gasteiger partial charge in [0.1, 0.15) is 11.2 Å². The number of fused-ring (bicyclic) bond motifs is 3. The van der Waals surface area contributed by atoms with Crippen LogP contribution >= 0.6 is 11.3 Å². The molecule has 2 heterocycles. The molecule has 0 spiro atoms. The fraction of sp³-hybridized carbons (Fsp3) is 0. The monoisotopic (exact) mass is 396 g/mol. The average Bonchev–Trinajstić information content (AvgIpc) is 3.37. The zero-order valence-electron chi connectivity index (χ0n) is 15.3. The normalized spacial score (nSPS) is 11.4. The summed E-state index contributed by atoms with van der Waals surface area (Å²) in [7, 11) is 0. The number of furan rings is 1. The van der Waals surface area contributed by atoms with E-state index in [1.807, 2.05) is 66.0 Å². The Morgan fingerprint density at radius 2 is 1.72 bits per heavy atom. The van der Waals surface area contributed by atoms with Gasteiger partial charge in [0.05, 0.1) is 5.69 Å². The van der Waals surface area contributed by atoms with Crippen LogP contribution in [0, 0.1) is 0 Å². The Hall–Kier alpha value is -3.70. The molecule has 29 heavy (non-hydrogen) atoms. The summed E-state index contributed by atoms with van der Waals surface area (Å²) < 4.78 is 5.88. The van der Waals surface area contributed by atoms with E-state index in [1.54, 1.807) is 6.08 Å². The van der Waals surface area contributed by atoms with E-state index in [1.165, 1.54) is 17.4 Å². The van der Waals surface area contributed by atoms with Crippen molar-refractivity contribution in [1.82, 2.24) is 4.98 Å². The van der Waals surface area contributed by atoms with E-state index in [0.717, 1.165) is 38.8 Å². The summed E-state index contributed by atoms with van der Waals surface area (Å²) >= 11 is 1.41. The summed E-state index contributed by atoms with van der Waals surface area (Å²) in [6, 6.07) is 23.7. The number of carbonyl (C=O) groups excluding carboxylic acids is 1. The summed E-state index contributed by atoms with van der Waals surface area (Å²) in [4.78, 5) is 16.7. The zero-order chi connectivity index (χ0) is 19.6. The van der Waals surface area contributed by atoms with Gasteiger partial charge in [-0.05, 0) is 35.9 Å². The van der Waals surface area contributed by atoms with Gasteiger partial charge in [0.2, 0.25) is 5.91 Å². The molecule has 0 saturated carbocycles. The van der Waals surface area contributed by atoms with Gasteiger partial charge in [-0.1, -0.05) is 48.5 Å². The van der Waals surface area contributed by atoms with Crippen LogP contribution in [0.5, 0.6) is 0 Å². The molecular formula is C24H16N2O2S. The number of aromatic nitrogens is 1. The first kappa shape index (κ1) is 17.4. The molecule has 0 aliphatic carbocycles. The Morgan fingerprint density at radius 3 is 2.62 bits per heavy atom. The zero-order valence-corrected chi connectivity index (χ0v) is 16.1. The molecule has 0 fully saturated rings. The number of benzene rings is 3. The van der Waals surface area contributed by atoms with E-state index < -0.39 is 0 Å². The second-order valence-corrected chi connectivity index (χ2v) is 7.44. The van der Waals surface area contributed by atoms with Gasteiger partial charge in [-0.15, -0.1) is 11.3 Å². The predicted octanol–water partition coefficient (Wildman–Crippen LogP) is 6.36. The van der Waals surface area contributed by atoms with E-state index in [4.69, 9.17) is 4.42 Å². The third kappa shape index (κ3) is 3.56. The molecule has 0 aliphatic rings. The second kappa shape index (κ2) is 7.37. The van der Waals surface area contributed by atoms with Crippen molar-refractivity contribution < 1.29 is 9.21 Å². The number of nitrogens with zero attached hydrogens (tertiary/aromatic N) is 1. The van der Waals surface area contributed by atoms with Crippen LogP contribution in [0.25, 0.3) is 39.3 Å². The van der Waals surface area contributed by atoms with E-state index in [9.17, 15) is 4.79 Å². The smallest absolute Gasteiger partial charge is 0.250 e. The van der Waals surface area contributed by atoms with Crippen molar-refractivity contribution in [2.24, 2.45) is 0 Å². The maximum absolute atomic E-state index is 12.2. The molecule has 5 rings (SSSR count). The van der Waals surface area contributed by atoms with Gasteiger partial charge in [-0.2, -0.15) is 0 Å². The van der Waals surface area contributed by atoms with E-state index in [0.29, 0.717) is 5.13 Å². The summed E-state index contributed by atoms with van der Waals surface area (Å²) in [5.74, 6) is -0.203. The fourth-order valence-corrected chi connectivity index (χ4v) is 3.95. The SMILES string of the molecule is O=C(/C=C/c1ccccc1)Nc1nc(-c2ccc3oc4ccccc4c3c2)cs1. The summed E-state index contributed by atoms with van der Waals surface area (Å²) in [6.07, 6.45) is 3.29. The highest BCUT2D eigenvalue weighted by atomic mass is 32.1. The van der Waals surface area contributed by atoms with Gasteiger partial charge in [0.15, 0.2) is 5.13 Å². The molecular weight excluding hydrogens is 380 g/mol. The number of amides is 1. The van der Waals surface area contributed by atoms with Crippen molar-refractivity contribution in [3.8, 4) is 11.3 Å². The molecule has 0 atom stereocenters. The van der Waals surface area contributed by atoms with Crippen LogP contribution in [-0.4, -0.2) is 10.9 Å². The number of hydrogen-bond donors (Lipinski definition) is 1. The third-order valence-electron chi connectivity index (χ3n) is 4.63. The van der Waals surface area contributed by atoms with Crippen LogP contribution < -0.4 is 5.32 Å². The highest BCUT2D eigenvalue weighted by Crippen LogP contribution is 2.33. The van der Waals surface area contributed by atoms with Crippen molar-refractivity contribution in [2.75, 3.05) is 5.32 Å². The van der Waals surface area contributed by atoms with Gasteiger partial charge < -0.3 is 4.42 Å². The van der Waals surface area contributed by atoms with E-state index in [2.05, 4.69) is 22.4 Å². The first-order chi connectivity index (χ1) is 14.3. The number of hydrogen-bond acceptors (Lipinski definition) is 4. The lowest BCUT2D eigenvalue weighted by Gasteiger charge is -1.98.